The Morgan fingerprint density at radius 1 is 1.29 bits per heavy atom. The average Bonchev–Trinajstić information content (AvgIpc) is 2.83. The van der Waals surface area contributed by atoms with Gasteiger partial charge in [-0.1, -0.05) is 12.1 Å². The van der Waals surface area contributed by atoms with Crippen LogP contribution in [0.3, 0.4) is 0 Å². The van der Waals surface area contributed by atoms with Crippen molar-refractivity contribution in [1.82, 2.24) is 0 Å². The summed E-state index contributed by atoms with van der Waals surface area (Å²) < 4.78 is 0. The van der Waals surface area contributed by atoms with E-state index in [1.807, 2.05) is 24.3 Å². The number of aryl methyl sites for hydroxylation is 2. The molecule has 2 aromatic rings. The van der Waals surface area contributed by atoms with Gasteiger partial charge in [-0.3, -0.25) is 10.1 Å². The van der Waals surface area contributed by atoms with Gasteiger partial charge in [-0.15, -0.1) is 0 Å². The van der Waals surface area contributed by atoms with Crippen molar-refractivity contribution in [3.63, 3.8) is 0 Å². The van der Waals surface area contributed by atoms with Crippen LogP contribution in [0.4, 0.5) is 17.1 Å². The molecule has 0 fully saturated rings. The van der Waals surface area contributed by atoms with Crippen LogP contribution in [0, 0.1) is 17.0 Å². The van der Waals surface area contributed by atoms with Crippen molar-refractivity contribution in [3.8, 4) is 0 Å². The number of hydrogen-bond donors (Lipinski definition) is 2. The van der Waals surface area contributed by atoms with E-state index in [2.05, 4.69) is 5.32 Å². The molecule has 5 heteroatoms. The molecule has 5 nitrogen and oxygen atoms in total. The van der Waals surface area contributed by atoms with Crippen LogP contribution in [0.2, 0.25) is 0 Å². The minimum atomic E-state index is -0.343. The predicted molar refractivity (Wildman–Crippen MR) is 83.4 cm³/mol. The smallest absolute Gasteiger partial charge is 0.274 e. The molecule has 0 spiro atoms. The standard InChI is InChI=1S/C16H17N3O2/c1-10-2-5-13(9-16(10)19(20)21)18-15-7-3-11-8-12(17)4-6-14(11)15/h2,4-6,8-9,15,18H,3,7,17H2,1H3. The minimum absolute atomic E-state index is 0.149. The molecule has 0 bridgehead atoms. The monoisotopic (exact) mass is 283 g/mol. The number of fused-ring (bicyclic) bond motifs is 1. The Morgan fingerprint density at radius 2 is 2.10 bits per heavy atom. The molecule has 21 heavy (non-hydrogen) atoms. The largest absolute Gasteiger partial charge is 0.399 e. The van der Waals surface area contributed by atoms with E-state index in [0.29, 0.717) is 5.56 Å². The molecule has 0 saturated heterocycles. The maximum atomic E-state index is 11.0. The Balaban J connectivity index is 1.86. The predicted octanol–water partition coefficient (Wildman–Crippen LogP) is 3.58. The van der Waals surface area contributed by atoms with E-state index in [1.165, 1.54) is 11.1 Å². The SMILES string of the molecule is Cc1ccc(NC2CCc3cc(N)ccc32)cc1[N+](=O)[O-]. The second kappa shape index (κ2) is 5.09. The van der Waals surface area contributed by atoms with Crippen molar-refractivity contribution in [2.75, 3.05) is 11.1 Å². The van der Waals surface area contributed by atoms with E-state index in [4.69, 9.17) is 5.73 Å². The molecule has 0 heterocycles. The number of benzene rings is 2. The molecule has 0 saturated carbocycles. The third-order valence-corrected chi connectivity index (χ3v) is 3.99. The average molecular weight is 283 g/mol. The minimum Gasteiger partial charge on any atom is -0.399 e. The van der Waals surface area contributed by atoms with E-state index < -0.39 is 0 Å². The Kier molecular flexibility index (Phi) is 3.25. The number of nitro groups is 1. The highest BCUT2D eigenvalue weighted by molar-refractivity contribution is 5.57. The summed E-state index contributed by atoms with van der Waals surface area (Å²) >= 11 is 0. The van der Waals surface area contributed by atoms with Gasteiger partial charge < -0.3 is 11.1 Å². The van der Waals surface area contributed by atoms with Gasteiger partial charge in [-0.25, -0.2) is 0 Å². The molecule has 1 aliphatic rings. The molecular weight excluding hydrogens is 266 g/mol. The number of nitrogens with one attached hydrogen (secondary N) is 1. The summed E-state index contributed by atoms with van der Waals surface area (Å²) in [6.07, 6.45) is 1.95. The molecule has 2 aromatic carbocycles. The number of nitrogen functional groups attached to an aromatic ring is 1. The van der Waals surface area contributed by atoms with Gasteiger partial charge in [-0.05, 0) is 49.1 Å². The van der Waals surface area contributed by atoms with Crippen molar-refractivity contribution in [1.29, 1.82) is 0 Å². The van der Waals surface area contributed by atoms with Crippen molar-refractivity contribution < 1.29 is 4.92 Å². The molecule has 3 N–H and O–H groups in total. The fourth-order valence-electron chi connectivity index (χ4n) is 2.88. The van der Waals surface area contributed by atoms with Crippen molar-refractivity contribution >= 4 is 17.1 Å². The van der Waals surface area contributed by atoms with E-state index in [0.717, 1.165) is 24.2 Å². The lowest BCUT2D eigenvalue weighted by Gasteiger charge is -2.16. The fourth-order valence-corrected chi connectivity index (χ4v) is 2.88. The number of nitrogens with zero attached hydrogens (tertiary/aromatic N) is 1. The van der Waals surface area contributed by atoms with E-state index in [1.54, 1.807) is 19.1 Å². The van der Waals surface area contributed by atoms with Crippen molar-refractivity contribution in [3.05, 3.63) is 63.2 Å². The first-order chi connectivity index (χ1) is 10.0. The molecule has 3 rings (SSSR count). The van der Waals surface area contributed by atoms with Crippen LogP contribution < -0.4 is 11.1 Å². The molecule has 1 aliphatic carbocycles. The van der Waals surface area contributed by atoms with Gasteiger partial charge in [-0.2, -0.15) is 0 Å². The molecule has 0 radical (unpaired) electrons. The topological polar surface area (TPSA) is 81.2 Å². The Hall–Kier alpha value is -2.56. The molecular formula is C16H17N3O2. The summed E-state index contributed by atoms with van der Waals surface area (Å²) in [5, 5.41) is 14.4. The number of anilines is 2. The summed E-state index contributed by atoms with van der Waals surface area (Å²) in [6, 6.07) is 11.4. The first-order valence-electron chi connectivity index (χ1n) is 6.94. The summed E-state index contributed by atoms with van der Waals surface area (Å²) in [4.78, 5) is 10.7. The fraction of sp³-hybridized carbons (Fsp3) is 0.250. The Morgan fingerprint density at radius 3 is 2.86 bits per heavy atom. The van der Waals surface area contributed by atoms with Crippen LogP contribution >= 0.6 is 0 Å². The molecule has 108 valence electrons. The molecule has 0 aliphatic heterocycles. The molecule has 0 aromatic heterocycles. The number of rotatable bonds is 3. The van der Waals surface area contributed by atoms with Crippen molar-refractivity contribution in [2.45, 2.75) is 25.8 Å². The lowest BCUT2D eigenvalue weighted by atomic mass is 10.1. The summed E-state index contributed by atoms with van der Waals surface area (Å²) in [7, 11) is 0. The quantitative estimate of drug-likeness (QED) is 0.512. The Labute approximate surface area is 122 Å². The maximum absolute atomic E-state index is 11.0. The second-order valence-electron chi connectivity index (χ2n) is 5.45. The van der Waals surface area contributed by atoms with Crippen molar-refractivity contribution in [2.24, 2.45) is 0 Å². The van der Waals surface area contributed by atoms with Gasteiger partial charge in [0.1, 0.15) is 0 Å². The van der Waals surface area contributed by atoms with Crippen LogP contribution in [0.5, 0.6) is 0 Å². The molecule has 1 atom stereocenters. The number of nitro benzene ring substituents is 1. The summed E-state index contributed by atoms with van der Waals surface area (Å²) in [5.41, 5.74) is 10.7. The zero-order chi connectivity index (χ0) is 15.0. The highest BCUT2D eigenvalue weighted by Gasteiger charge is 2.23. The van der Waals surface area contributed by atoms with Crippen LogP contribution in [0.1, 0.15) is 29.2 Å². The summed E-state index contributed by atoms with van der Waals surface area (Å²) in [6.45, 7) is 1.75. The maximum Gasteiger partial charge on any atom is 0.274 e. The highest BCUT2D eigenvalue weighted by atomic mass is 16.6. The molecule has 0 amide bonds. The van der Waals surface area contributed by atoms with E-state index in [-0.39, 0.29) is 16.7 Å². The highest BCUT2D eigenvalue weighted by Crippen LogP contribution is 2.35. The van der Waals surface area contributed by atoms with Gasteiger partial charge in [0, 0.05) is 23.0 Å². The van der Waals surface area contributed by atoms with Gasteiger partial charge in [0.2, 0.25) is 0 Å². The molecule has 1 unspecified atom stereocenters. The van der Waals surface area contributed by atoms with Crippen LogP contribution in [-0.4, -0.2) is 4.92 Å². The number of hydrogen-bond acceptors (Lipinski definition) is 4. The lowest BCUT2D eigenvalue weighted by Crippen LogP contribution is -2.07. The zero-order valence-corrected chi connectivity index (χ0v) is 11.8. The third kappa shape index (κ3) is 2.54. The van der Waals surface area contributed by atoms with Crippen LogP contribution in [0.25, 0.3) is 0 Å². The van der Waals surface area contributed by atoms with Crippen LogP contribution in [-0.2, 0) is 6.42 Å². The normalized spacial score (nSPS) is 16.5. The first-order valence-corrected chi connectivity index (χ1v) is 6.94. The van der Waals surface area contributed by atoms with Crippen LogP contribution in [0.15, 0.2) is 36.4 Å². The van der Waals surface area contributed by atoms with Gasteiger partial charge in [0.25, 0.3) is 5.69 Å². The third-order valence-electron chi connectivity index (χ3n) is 3.99. The first kappa shape index (κ1) is 13.4. The van der Waals surface area contributed by atoms with Gasteiger partial charge in [0.05, 0.1) is 11.0 Å². The lowest BCUT2D eigenvalue weighted by molar-refractivity contribution is -0.385. The second-order valence-corrected chi connectivity index (χ2v) is 5.45. The Bertz CT molecular complexity index is 713. The zero-order valence-electron chi connectivity index (χ0n) is 11.8. The van der Waals surface area contributed by atoms with E-state index >= 15 is 0 Å². The number of nitrogens with two attached hydrogens (primary N) is 1. The van der Waals surface area contributed by atoms with Gasteiger partial charge in [0.15, 0.2) is 0 Å². The van der Waals surface area contributed by atoms with Gasteiger partial charge >= 0.3 is 0 Å². The van der Waals surface area contributed by atoms with E-state index in [9.17, 15) is 10.1 Å². The summed E-state index contributed by atoms with van der Waals surface area (Å²) in [5.74, 6) is 0.